The van der Waals surface area contributed by atoms with Gasteiger partial charge in [-0.05, 0) is 33.6 Å². The van der Waals surface area contributed by atoms with Crippen LogP contribution in [-0.4, -0.2) is 46.8 Å². The summed E-state index contributed by atoms with van der Waals surface area (Å²) < 4.78 is 10.7. The summed E-state index contributed by atoms with van der Waals surface area (Å²) in [5.41, 5.74) is 0.422. The van der Waals surface area contributed by atoms with Gasteiger partial charge in [0.25, 0.3) is 0 Å². The Bertz CT molecular complexity index is 491. The molecular formula is C15H23N3O3. The number of amides is 1. The van der Waals surface area contributed by atoms with Crippen molar-refractivity contribution < 1.29 is 14.3 Å². The Morgan fingerprint density at radius 1 is 1.24 bits per heavy atom. The predicted octanol–water partition coefficient (Wildman–Crippen LogP) is 2.60. The lowest BCUT2D eigenvalue weighted by molar-refractivity contribution is 0.0203. The molecule has 0 saturated carbocycles. The third-order valence-corrected chi connectivity index (χ3v) is 3.42. The van der Waals surface area contributed by atoms with Gasteiger partial charge in [-0.2, -0.15) is 0 Å². The Morgan fingerprint density at radius 3 is 2.43 bits per heavy atom. The smallest absolute Gasteiger partial charge is 0.410 e. The van der Waals surface area contributed by atoms with Crippen LogP contribution in [0.5, 0.6) is 5.88 Å². The molecule has 1 aromatic rings. The zero-order valence-corrected chi connectivity index (χ0v) is 13.1. The maximum Gasteiger partial charge on any atom is 0.410 e. The fourth-order valence-electron chi connectivity index (χ4n) is 2.44. The molecule has 1 saturated heterocycles. The number of piperidine rings is 1. The van der Waals surface area contributed by atoms with Crippen LogP contribution in [0.4, 0.5) is 4.79 Å². The number of nitrogens with zero attached hydrogens (tertiary/aromatic N) is 3. The van der Waals surface area contributed by atoms with Crippen LogP contribution in [0.1, 0.15) is 45.2 Å². The summed E-state index contributed by atoms with van der Waals surface area (Å²) in [6, 6.07) is 0. The fourth-order valence-corrected chi connectivity index (χ4v) is 2.44. The van der Waals surface area contributed by atoms with Gasteiger partial charge in [0.1, 0.15) is 11.3 Å². The molecule has 0 unspecified atom stereocenters. The quantitative estimate of drug-likeness (QED) is 0.838. The van der Waals surface area contributed by atoms with E-state index in [0.29, 0.717) is 19.0 Å². The summed E-state index contributed by atoms with van der Waals surface area (Å²) in [5.74, 6) is 0.848. The molecule has 6 nitrogen and oxygen atoms in total. The van der Waals surface area contributed by atoms with Crippen LogP contribution >= 0.6 is 0 Å². The Morgan fingerprint density at radius 2 is 1.86 bits per heavy atom. The van der Waals surface area contributed by atoms with Crippen LogP contribution in [0.3, 0.4) is 0 Å². The molecule has 0 aliphatic carbocycles. The molecule has 1 aromatic heterocycles. The summed E-state index contributed by atoms with van der Waals surface area (Å²) in [4.78, 5) is 22.4. The molecule has 2 rings (SSSR count). The van der Waals surface area contributed by atoms with Crippen molar-refractivity contribution in [2.24, 2.45) is 0 Å². The Hall–Kier alpha value is -1.85. The molecule has 1 aliphatic heterocycles. The highest BCUT2D eigenvalue weighted by Crippen LogP contribution is 2.31. The number of methoxy groups -OCH3 is 1. The van der Waals surface area contributed by atoms with E-state index in [4.69, 9.17) is 9.47 Å². The largest absolute Gasteiger partial charge is 0.480 e. The topological polar surface area (TPSA) is 64.6 Å². The van der Waals surface area contributed by atoms with Gasteiger partial charge < -0.3 is 14.4 Å². The monoisotopic (exact) mass is 293 g/mol. The predicted molar refractivity (Wildman–Crippen MR) is 78.4 cm³/mol. The van der Waals surface area contributed by atoms with Gasteiger partial charge in [-0.1, -0.05) is 0 Å². The van der Waals surface area contributed by atoms with Crippen LogP contribution in [0.15, 0.2) is 12.4 Å². The maximum atomic E-state index is 12.0. The summed E-state index contributed by atoms with van der Waals surface area (Å²) in [5, 5.41) is 0. The molecule has 0 spiro atoms. The first kappa shape index (κ1) is 15.5. The van der Waals surface area contributed by atoms with Crippen LogP contribution in [-0.2, 0) is 4.74 Å². The maximum absolute atomic E-state index is 12.0. The highest BCUT2D eigenvalue weighted by atomic mass is 16.6. The summed E-state index contributed by atoms with van der Waals surface area (Å²) in [7, 11) is 1.60. The number of ether oxygens (including phenoxy) is 2. The van der Waals surface area contributed by atoms with Crippen LogP contribution in [0.2, 0.25) is 0 Å². The summed E-state index contributed by atoms with van der Waals surface area (Å²) in [6.45, 7) is 6.96. The van der Waals surface area contributed by atoms with E-state index < -0.39 is 5.60 Å². The molecule has 6 heteroatoms. The summed E-state index contributed by atoms with van der Waals surface area (Å²) in [6.07, 6.45) is 4.74. The highest BCUT2D eigenvalue weighted by molar-refractivity contribution is 5.68. The Kier molecular flexibility index (Phi) is 4.65. The molecule has 0 radical (unpaired) electrons. The second-order valence-corrected chi connectivity index (χ2v) is 6.19. The first-order valence-electron chi connectivity index (χ1n) is 7.23. The van der Waals surface area contributed by atoms with Crippen LogP contribution < -0.4 is 4.74 Å². The second kappa shape index (κ2) is 6.28. The minimum absolute atomic E-state index is 0.243. The van der Waals surface area contributed by atoms with Crippen molar-refractivity contribution in [2.45, 2.75) is 45.1 Å². The molecule has 0 aromatic carbocycles. The lowest BCUT2D eigenvalue weighted by Gasteiger charge is -2.33. The van der Waals surface area contributed by atoms with E-state index in [-0.39, 0.29) is 12.0 Å². The first-order chi connectivity index (χ1) is 9.90. The molecule has 0 bridgehead atoms. The van der Waals surface area contributed by atoms with E-state index in [1.54, 1.807) is 24.4 Å². The molecule has 116 valence electrons. The SMILES string of the molecule is COc1nccnc1C1CCN(C(=O)OC(C)(C)C)CC1. The highest BCUT2D eigenvalue weighted by Gasteiger charge is 2.29. The van der Waals surface area contributed by atoms with Gasteiger partial charge in [0, 0.05) is 31.4 Å². The summed E-state index contributed by atoms with van der Waals surface area (Å²) >= 11 is 0. The van der Waals surface area contributed by atoms with Crippen molar-refractivity contribution in [3.8, 4) is 5.88 Å². The van der Waals surface area contributed by atoms with Gasteiger partial charge in [0.15, 0.2) is 0 Å². The number of hydrogen-bond donors (Lipinski definition) is 0. The Labute approximate surface area is 125 Å². The van der Waals surface area contributed by atoms with E-state index in [9.17, 15) is 4.79 Å². The van der Waals surface area contributed by atoms with Crippen molar-refractivity contribution in [3.05, 3.63) is 18.1 Å². The molecule has 21 heavy (non-hydrogen) atoms. The van der Waals surface area contributed by atoms with E-state index >= 15 is 0 Å². The number of rotatable bonds is 2. The molecule has 1 fully saturated rings. The normalized spacial score (nSPS) is 16.7. The first-order valence-corrected chi connectivity index (χ1v) is 7.23. The number of carbonyl (C=O) groups excluding carboxylic acids is 1. The van der Waals surface area contributed by atoms with Gasteiger partial charge in [-0.25, -0.2) is 9.78 Å². The standard InChI is InChI=1S/C15H23N3O3/c1-15(2,3)21-14(19)18-9-5-11(6-10-18)12-13(20-4)17-8-7-16-12/h7-8,11H,5-6,9-10H2,1-4H3. The molecule has 1 amide bonds. The number of carbonyl (C=O) groups is 1. The van der Waals surface area contributed by atoms with Crippen LogP contribution in [0, 0.1) is 0 Å². The van der Waals surface area contributed by atoms with Crippen LogP contribution in [0.25, 0.3) is 0 Å². The minimum Gasteiger partial charge on any atom is -0.480 e. The van der Waals surface area contributed by atoms with Crippen molar-refractivity contribution in [1.82, 2.24) is 14.9 Å². The van der Waals surface area contributed by atoms with Gasteiger partial charge in [0.05, 0.1) is 7.11 Å². The number of aromatic nitrogens is 2. The fraction of sp³-hybridized carbons (Fsp3) is 0.667. The lowest BCUT2D eigenvalue weighted by Crippen LogP contribution is -2.41. The minimum atomic E-state index is -0.456. The van der Waals surface area contributed by atoms with Gasteiger partial charge in [0.2, 0.25) is 5.88 Å². The zero-order valence-electron chi connectivity index (χ0n) is 13.1. The van der Waals surface area contributed by atoms with Crippen molar-refractivity contribution >= 4 is 6.09 Å². The average molecular weight is 293 g/mol. The van der Waals surface area contributed by atoms with E-state index in [0.717, 1.165) is 18.5 Å². The average Bonchev–Trinajstić information content (AvgIpc) is 2.45. The van der Waals surface area contributed by atoms with Crippen molar-refractivity contribution in [1.29, 1.82) is 0 Å². The van der Waals surface area contributed by atoms with Crippen molar-refractivity contribution in [3.63, 3.8) is 0 Å². The molecule has 0 N–H and O–H groups in total. The molecule has 1 aliphatic rings. The second-order valence-electron chi connectivity index (χ2n) is 6.19. The third-order valence-electron chi connectivity index (χ3n) is 3.42. The van der Waals surface area contributed by atoms with Gasteiger partial charge >= 0.3 is 6.09 Å². The van der Waals surface area contributed by atoms with E-state index in [1.807, 2.05) is 20.8 Å². The number of hydrogen-bond acceptors (Lipinski definition) is 5. The molecular weight excluding hydrogens is 270 g/mol. The molecule has 2 heterocycles. The van der Waals surface area contributed by atoms with Gasteiger partial charge in [-0.3, -0.25) is 4.98 Å². The third kappa shape index (κ3) is 4.06. The van der Waals surface area contributed by atoms with Crippen molar-refractivity contribution in [2.75, 3.05) is 20.2 Å². The van der Waals surface area contributed by atoms with E-state index in [2.05, 4.69) is 9.97 Å². The van der Waals surface area contributed by atoms with E-state index in [1.165, 1.54) is 0 Å². The molecule has 0 atom stereocenters. The Balaban J connectivity index is 1.96. The number of likely N-dealkylation sites (tertiary alicyclic amines) is 1. The van der Waals surface area contributed by atoms with Gasteiger partial charge in [-0.15, -0.1) is 0 Å². The lowest BCUT2D eigenvalue weighted by atomic mass is 9.93. The zero-order chi connectivity index (χ0) is 15.5.